The fourth-order valence-corrected chi connectivity index (χ4v) is 3.97. The van der Waals surface area contributed by atoms with Crippen LogP contribution in [0.2, 0.25) is 0 Å². The Kier molecular flexibility index (Phi) is 4.61. The number of rotatable bonds is 4. The van der Waals surface area contributed by atoms with Crippen molar-refractivity contribution >= 4 is 5.71 Å². The predicted molar refractivity (Wildman–Crippen MR) is 117 cm³/mol. The SMILES string of the molecule is NCc1ccc(-n2cc(-c3ccc4c(c3)CC/C4=N\O)c(-c3ccncc3)n2)cc1. The van der Waals surface area contributed by atoms with Crippen molar-refractivity contribution < 1.29 is 5.21 Å². The first kappa shape index (κ1) is 18.3. The van der Waals surface area contributed by atoms with Crippen LogP contribution in [-0.4, -0.2) is 25.7 Å². The minimum absolute atomic E-state index is 0.515. The molecule has 2 heterocycles. The number of aryl methyl sites for hydroxylation is 1. The number of oxime groups is 1. The summed E-state index contributed by atoms with van der Waals surface area (Å²) in [7, 11) is 0. The van der Waals surface area contributed by atoms with Gasteiger partial charge in [0.05, 0.1) is 11.4 Å². The largest absolute Gasteiger partial charge is 0.411 e. The Morgan fingerprint density at radius 2 is 1.73 bits per heavy atom. The van der Waals surface area contributed by atoms with Crippen LogP contribution in [0.5, 0.6) is 0 Å². The summed E-state index contributed by atoms with van der Waals surface area (Å²) in [4.78, 5) is 4.14. The van der Waals surface area contributed by atoms with Gasteiger partial charge >= 0.3 is 0 Å². The Labute approximate surface area is 174 Å². The molecule has 1 aliphatic rings. The lowest BCUT2D eigenvalue weighted by molar-refractivity contribution is 0.318. The second-order valence-corrected chi connectivity index (χ2v) is 7.36. The van der Waals surface area contributed by atoms with E-state index in [9.17, 15) is 5.21 Å². The number of aromatic nitrogens is 3. The van der Waals surface area contributed by atoms with Crippen LogP contribution in [0.4, 0.5) is 0 Å². The summed E-state index contributed by atoms with van der Waals surface area (Å²) >= 11 is 0. The van der Waals surface area contributed by atoms with Gasteiger partial charge in [0.15, 0.2) is 0 Å². The first-order valence-electron chi connectivity index (χ1n) is 9.91. The van der Waals surface area contributed by atoms with Crippen molar-refractivity contribution in [1.82, 2.24) is 14.8 Å². The molecule has 0 amide bonds. The smallest absolute Gasteiger partial charge is 0.101 e. The number of nitrogens with zero attached hydrogens (tertiary/aromatic N) is 4. The van der Waals surface area contributed by atoms with E-state index in [0.717, 1.165) is 57.8 Å². The van der Waals surface area contributed by atoms with Crippen molar-refractivity contribution in [2.24, 2.45) is 10.9 Å². The van der Waals surface area contributed by atoms with Gasteiger partial charge in [-0.15, -0.1) is 0 Å². The van der Waals surface area contributed by atoms with Gasteiger partial charge in [0.2, 0.25) is 0 Å². The molecule has 0 atom stereocenters. The Balaban J connectivity index is 1.64. The molecule has 0 saturated heterocycles. The molecule has 148 valence electrons. The summed E-state index contributed by atoms with van der Waals surface area (Å²) in [5, 5.41) is 17.6. The van der Waals surface area contributed by atoms with Crippen LogP contribution in [0.25, 0.3) is 28.1 Å². The van der Waals surface area contributed by atoms with Gasteiger partial charge in [-0.05, 0) is 53.8 Å². The minimum Gasteiger partial charge on any atom is -0.411 e. The van der Waals surface area contributed by atoms with Crippen LogP contribution >= 0.6 is 0 Å². The number of benzene rings is 2. The van der Waals surface area contributed by atoms with Crippen molar-refractivity contribution in [3.8, 4) is 28.1 Å². The lowest BCUT2D eigenvalue weighted by atomic mass is 9.98. The number of nitrogens with two attached hydrogens (primary N) is 1. The second-order valence-electron chi connectivity index (χ2n) is 7.36. The molecule has 4 aromatic rings. The molecule has 0 unspecified atom stereocenters. The fraction of sp³-hybridized carbons (Fsp3) is 0.125. The molecule has 30 heavy (non-hydrogen) atoms. The minimum atomic E-state index is 0.515. The van der Waals surface area contributed by atoms with Gasteiger partial charge in [-0.2, -0.15) is 5.10 Å². The van der Waals surface area contributed by atoms with Crippen LogP contribution in [0.1, 0.15) is 23.1 Å². The Hall–Kier alpha value is -3.77. The maximum Gasteiger partial charge on any atom is 0.101 e. The van der Waals surface area contributed by atoms with Gasteiger partial charge < -0.3 is 10.9 Å². The molecule has 5 rings (SSSR count). The first-order chi connectivity index (χ1) is 14.8. The second kappa shape index (κ2) is 7.57. The zero-order valence-corrected chi connectivity index (χ0v) is 16.4. The van der Waals surface area contributed by atoms with Crippen molar-refractivity contribution in [2.75, 3.05) is 0 Å². The molecule has 1 aliphatic carbocycles. The molecule has 0 saturated carbocycles. The van der Waals surface area contributed by atoms with E-state index in [4.69, 9.17) is 10.8 Å². The van der Waals surface area contributed by atoms with Crippen LogP contribution in [0.3, 0.4) is 0 Å². The molecule has 6 nitrogen and oxygen atoms in total. The lowest BCUT2D eigenvalue weighted by Gasteiger charge is -2.05. The highest BCUT2D eigenvalue weighted by atomic mass is 16.4. The summed E-state index contributed by atoms with van der Waals surface area (Å²) in [5.41, 5.74) is 14.8. The molecule has 0 fully saturated rings. The molecule has 0 aliphatic heterocycles. The van der Waals surface area contributed by atoms with E-state index in [0.29, 0.717) is 6.54 Å². The normalized spacial score (nSPS) is 14.2. The molecule has 0 radical (unpaired) electrons. The summed E-state index contributed by atoms with van der Waals surface area (Å²) in [6, 6.07) is 18.3. The van der Waals surface area contributed by atoms with E-state index in [1.807, 2.05) is 47.1 Å². The van der Waals surface area contributed by atoms with Gasteiger partial charge in [-0.3, -0.25) is 4.98 Å². The highest BCUT2D eigenvalue weighted by molar-refractivity contribution is 6.04. The molecule has 0 bridgehead atoms. The van der Waals surface area contributed by atoms with Crippen molar-refractivity contribution in [3.63, 3.8) is 0 Å². The Bertz CT molecular complexity index is 1230. The molecular weight excluding hydrogens is 374 g/mol. The van der Waals surface area contributed by atoms with E-state index in [-0.39, 0.29) is 0 Å². The van der Waals surface area contributed by atoms with Gasteiger partial charge in [0.1, 0.15) is 5.69 Å². The van der Waals surface area contributed by atoms with E-state index < -0.39 is 0 Å². The van der Waals surface area contributed by atoms with Crippen molar-refractivity contribution in [2.45, 2.75) is 19.4 Å². The third-order valence-corrected chi connectivity index (χ3v) is 5.58. The zero-order chi connectivity index (χ0) is 20.5. The van der Waals surface area contributed by atoms with Gasteiger partial charge in [-0.25, -0.2) is 4.68 Å². The van der Waals surface area contributed by atoms with E-state index in [2.05, 4.69) is 28.5 Å². The maximum atomic E-state index is 9.22. The molecule has 2 aromatic heterocycles. The van der Waals surface area contributed by atoms with Gasteiger partial charge in [0, 0.05) is 41.8 Å². The Morgan fingerprint density at radius 3 is 2.47 bits per heavy atom. The topological polar surface area (TPSA) is 89.3 Å². The Morgan fingerprint density at radius 1 is 0.933 bits per heavy atom. The molecule has 2 aromatic carbocycles. The van der Waals surface area contributed by atoms with Crippen molar-refractivity contribution in [1.29, 1.82) is 0 Å². The average Bonchev–Trinajstić information content (AvgIpc) is 3.44. The van der Waals surface area contributed by atoms with E-state index in [1.165, 1.54) is 5.56 Å². The lowest BCUT2D eigenvalue weighted by Crippen LogP contribution is -1.98. The zero-order valence-electron chi connectivity index (χ0n) is 16.4. The third kappa shape index (κ3) is 3.17. The van der Waals surface area contributed by atoms with E-state index >= 15 is 0 Å². The maximum absolute atomic E-state index is 9.22. The molecule has 0 spiro atoms. The monoisotopic (exact) mass is 395 g/mol. The molecular formula is C24H21N5O. The van der Waals surface area contributed by atoms with Crippen molar-refractivity contribution in [3.05, 3.63) is 89.9 Å². The number of hydrogen-bond acceptors (Lipinski definition) is 5. The summed E-state index contributed by atoms with van der Waals surface area (Å²) in [6.07, 6.45) is 7.26. The van der Waals surface area contributed by atoms with Gasteiger partial charge in [0.25, 0.3) is 0 Å². The quantitative estimate of drug-likeness (QED) is 0.401. The van der Waals surface area contributed by atoms with Crippen LogP contribution in [-0.2, 0) is 13.0 Å². The molecule has 3 N–H and O–H groups in total. The standard InChI is InChI=1S/C24H21N5O/c25-14-16-1-5-20(6-2-16)29-15-22(24(27-29)17-9-11-26-12-10-17)19-3-7-21-18(13-19)4-8-23(21)28-30/h1-3,5-7,9-13,15,30H,4,8,14,25H2/b28-23+. The van der Waals surface area contributed by atoms with Crippen LogP contribution < -0.4 is 5.73 Å². The number of fused-ring (bicyclic) bond motifs is 1. The highest BCUT2D eigenvalue weighted by Crippen LogP contribution is 2.34. The third-order valence-electron chi connectivity index (χ3n) is 5.58. The van der Waals surface area contributed by atoms with E-state index in [1.54, 1.807) is 12.4 Å². The number of hydrogen-bond donors (Lipinski definition) is 2. The van der Waals surface area contributed by atoms with Crippen LogP contribution in [0.15, 0.2) is 78.3 Å². The summed E-state index contributed by atoms with van der Waals surface area (Å²) < 4.78 is 1.90. The van der Waals surface area contributed by atoms with Crippen LogP contribution in [0, 0.1) is 0 Å². The highest BCUT2D eigenvalue weighted by Gasteiger charge is 2.21. The average molecular weight is 395 g/mol. The first-order valence-corrected chi connectivity index (χ1v) is 9.91. The molecule has 6 heteroatoms. The summed E-state index contributed by atoms with van der Waals surface area (Å²) in [6.45, 7) is 0.515. The van der Waals surface area contributed by atoms with Gasteiger partial charge in [-0.1, -0.05) is 35.5 Å². The number of pyridine rings is 1. The fourth-order valence-electron chi connectivity index (χ4n) is 3.97. The predicted octanol–water partition coefficient (Wildman–Crippen LogP) is 4.18. The summed E-state index contributed by atoms with van der Waals surface area (Å²) in [5.74, 6) is 0.